The lowest BCUT2D eigenvalue weighted by molar-refractivity contribution is 0.101. The topological polar surface area (TPSA) is 59.8 Å². The zero-order valence-electron chi connectivity index (χ0n) is 16.4. The lowest BCUT2D eigenvalue weighted by Gasteiger charge is -2.10. The van der Waals surface area contributed by atoms with Gasteiger partial charge in [-0.2, -0.15) is 0 Å². The number of benzene rings is 3. The first-order chi connectivity index (χ1) is 14.4. The van der Waals surface area contributed by atoms with E-state index in [0.717, 1.165) is 22.4 Å². The molecule has 3 aromatic carbocycles. The van der Waals surface area contributed by atoms with Crippen molar-refractivity contribution in [1.82, 2.24) is 14.8 Å². The van der Waals surface area contributed by atoms with Gasteiger partial charge in [-0.25, -0.2) is 9.67 Å². The van der Waals surface area contributed by atoms with Crippen molar-refractivity contribution in [3.8, 4) is 17.1 Å². The van der Waals surface area contributed by atoms with Gasteiger partial charge in [0.25, 0.3) is 5.91 Å². The second-order valence-corrected chi connectivity index (χ2v) is 7.80. The first-order valence-corrected chi connectivity index (χ1v) is 10.0. The van der Waals surface area contributed by atoms with Crippen LogP contribution in [0.15, 0.2) is 66.7 Å². The van der Waals surface area contributed by atoms with Crippen LogP contribution in [-0.2, 0) is 0 Å². The van der Waals surface area contributed by atoms with Crippen molar-refractivity contribution < 1.29 is 4.79 Å². The number of carbonyl (C=O) groups is 1. The van der Waals surface area contributed by atoms with Crippen molar-refractivity contribution in [2.45, 2.75) is 13.8 Å². The van der Waals surface area contributed by atoms with Gasteiger partial charge in [0.15, 0.2) is 5.82 Å². The molecule has 5 nitrogen and oxygen atoms in total. The van der Waals surface area contributed by atoms with Crippen LogP contribution in [0.25, 0.3) is 17.1 Å². The number of nitrogens with zero attached hydrogens (tertiary/aromatic N) is 3. The van der Waals surface area contributed by atoms with E-state index >= 15 is 0 Å². The number of halogens is 2. The van der Waals surface area contributed by atoms with Crippen LogP contribution in [-0.4, -0.2) is 20.7 Å². The molecule has 0 aliphatic rings. The van der Waals surface area contributed by atoms with Gasteiger partial charge in [0.05, 0.1) is 5.69 Å². The molecule has 1 N–H and O–H groups in total. The van der Waals surface area contributed by atoms with E-state index in [0.29, 0.717) is 21.6 Å². The Kier molecular flexibility index (Phi) is 5.57. The van der Waals surface area contributed by atoms with Crippen LogP contribution >= 0.6 is 23.2 Å². The maximum atomic E-state index is 12.8. The molecule has 0 aliphatic carbocycles. The predicted molar refractivity (Wildman–Crippen MR) is 121 cm³/mol. The highest BCUT2D eigenvalue weighted by atomic mass is 35.5. The summed E-state index contributed by atoms with van der Waals surface area (Å²) in [5.41, 5.74) is 4.38. The van der Waals surface area contributed by atoms with Crippen molar-refractivity contribution in [1.29, 1.82) is 0 Å². The van der Waals surface area contributed by atoms with Gasteiger partial charge in [0, 0.05) is 21.3 Å². The van der Waals surface area contributed by atoms with Crippen LogP contribution in [0.4, 0.5) is 5.69 Å². The highest BCUT2D eigenvalue weighted by Crippen LogP contribution is 2.25. The Morgan fingerprint density at radius 3 is 2.20 bits per heavy atom. The van der Waals surface area contributed by atoms with E-state index in [9.17, 15) is 4.79 Å². The smallest absolute Gasteiger partial charge is 0.295 e. The summed E-state index contributed by atoms with van der Waals surface area (Å²) in [5, 5.41) is 8.55. The van der Waals surface area contributed by atoms with Crippen LogP contribution in [0.2, 0.25) is 10.0 Å². The Morgan fingerprint density at radius 1 is 0.900 bits per heavy atom. The molecule has 0 bridgehead atoms. The Labute approximate surface area is 184 Å². The molecule has 1 heterocycles. The van der Waals surface area contributed by atoms with Crippen molar-refractivity contribution in [2.24, 2.45) is 0 Å². The average molecular weight is 437 g/mol. The first kappa shape index (κ1) is 20.1. The fraction of sp³-hybridized carbons (Fsp3) is 0.0870. The number of carbonyl (C=O) groups excluding carboxylic acids is 1. The monoisotopic (exact) mass is 436 g/mol. The molecule has 0 atom stereocenters. The summed E-state index contributed by atoms with van der Waals surface area (Å²) < 4.78 is 1.70. The molecule has 0 saturated carbocycles. The highest BCUT2D eigenvalue weighted by molar-refractivity contribution is 6.31. The molecule has 0 saturated heterocycles. The predicted octanol–water partition coefficient (Wildman–Crippen LogP) is 6.11. The zero-order valence-corrected chi connectivity index (χ0v) is 17.9. The lowest BCUT2D eigenvalue weighted by Crippen LogP contribution is -2.14. The molecule has 4 rings (SSSR count). The standard InChI is InChI=1S/C23H18Cl2N4O/c1-14-3-4-15(2)20(13-14)29-22(16-5-7-17(24)8-6-16)27-21(28-29)23(30)26-19-11-9-18(25)10-12-19/h3-13H,1-2H3,(H,26,30). The van der Waals surface area contributed by atoms with Gasteiger partial charge in [0.1, 0.15) is 0 Å². The average Bonchev–Trinajstić information content (AvgIpc) is 3.17. The summed E-state index contributed by atoms with van der Waals surface area (Å²) >= 11 is 12.0. The Morgan fingerprint density at radius 2 is 1.53 bits per heavy atom. The van der Waals surface area contributed by atoms with Gasteiger partial charge in [-0.3, -0.25) is 4.79 Å². The van der Waals surface area contributed by atoms with Crippen LogP contribution in [0.3, 0.4) is 0 Å². The zero-order chi connectivity index (χ0) is 21.3. The highest BCUT2D eigenvalue weighted by Gasteiger charge is 2.20. The minimum atomic E-state index is -0.406. The lowest BCUT2D eigenvalue weighted by atomic mass is 10.1. The maximum absolute atomic E-state index is 12.8. The summed E-state index contributed by atoms with van der Waals surface area (Å²) in [4.78, 5) is 17.4. The molecule has 0 unspecified atom stereocenters. The van der Waals surface area contributed by atoms with Crippen LogP contribution < -0.4 is 5.32 Å². The number of hydrogen-bond donors (Lipinski definition) is 1. The van der Waals surface area contributed by atoms with Crippen LogP contribution in [0.5, 0.6) is 0 Å². The van der Waals surface area contributed by atoms with Crippen molar-refractivity contribution in [2.75, 3.05) is 5.32 Å². The number of anilines is 1. The van der Waals surface area contributed by atoms with Gasteiger partial charge in [-0.15, -0.1) is 5.10 Å². The molecule has 0 radical (unpaired) electrons. The third kappa shape index (κ3) is 4.22. The van der Waals surface area contributed by atoms with E-state index in [1.54, 1.807) is 41.1 Å². The summed E-state index contributed by atoms with van der Waals surface area (Å²) in [5.74, 6) is 0.217. The van der Waals surface area contributed by atoms with E-state index in [-0.39, 0.29) is 5.82 Å². The number of aryl methyl sites for hydroxylation is 2. The van der Waals surface area contributed by atoms with Gasteiger partial charge in [0.2, 0.25) is 5.82 Å². The molecular weight excluding hydrogens is 419 g/mol. The fourth-order valence-electron chi connectivity index (χ4n) is 3.03. The minimum Gasteiger partial charge on any atom is -0.319 e. The number of aromatic nitrogens is 3. The molecule has 0 aliphatic heterocycles. The second-order valence-electron chi connectivity index (χ2n) is 6.93. The molecule has 30 heavy (non-hydrogen) atoms. The van der Waals surface area contributed by atoms with E-state index < -0.39 is 5.91 Å². The molecule has 0 fully saturated rings. The van der Waals surface area contributed by atoms with E-state index in [2.05, 4.69) is 15.4 Å². The van der Waals surface area contributed by atoms with Crippen LogP contribution in [0.1, 0.15) is 21.7 Å². The summed E-state index contributed by atoms with van der Waals surface area (Å²) in [6.07, 6.45) is 0. The Hall–Kier alpha value is -3.15. The quantitative estimate of drug-likeness (QED) is 0.419. The van der Waals surface area contributed by atoms with Crippen molar-refractivity contribution in [3.05, 3.63) is 93.7 Å². The first-order valence-electron chi connectivity index (χ1n) is 9.28. The minimum absolute atomic E-state index is 0.0656. The second kappa shape index (κ2) is 8.30. The number of amides is 1. The normalized spacial score (nSPS) is 10.8. The van der Waals surface area contributed by atoms with Gasteiger partial charge < -0.3 is 5.32 Å². The number of rotatable bonds is 4. The molecule has 150 valence electrons. The third-order valence-electron chi connectivity index (χ3n) is 4.61. The molecule has 4 aromatic rings. The number of hydrogen-bond acceptors (Lipinski definition) is 3. The molecule has 1 aromatic heterocycles. The third-order valence-corrected chi connectivity index (χ3v) is 5.11. The van der Waals surface area contributed by atoms with E-state index in [1.807, 2.05) is 44.2 Å². The van der Waals surface area contributed by atoms with Gasteiger partial charge in [-0.05, 0) is 79.6 Å². The summed E-state index contributed by atoms with van der Waals surface area (Å²) in [7, 11) is 0. The van der Waals surface area contributed by atoms with E-state index in [4.69, 9.17) is 23.2 Å². The van der Waals surface area contributed by atoms with Gasteiger partial charge in [-0.1, -0.05) is 35.3 Å². The maximum Gasteiger partial charge on any atom is 0.295 e. The largest absolute Gasteiger partial charge is 0.319 e. The number of nitrogens with one attached hydrogen (secondary N) is 1. The Bertz CT molecular complexity index is 1220. The van der Waals surface area contributed by atoms with Crippen LogP contribution in [0, 0.1) is 13.8 Å². The molecular formula is C23H18Cl2N4O. The molecule has 7 heteroatoms. The molecule has 1 amide bonds. The molecule has 0 spiro atoms. The fourth-order valence-corrected chi connectivity index (χ4v) is 3.28. The summed E-state index contributed by atoms with van der Waals surface area (Å²) in [6.45, 7) is 4.01. The van der Waals surface area contributed by atoms with Gasteiger partial charge >= 0.3 is 0 Å². The van der Waals surface area contributed by atoms with E-state index in [1.165, 1.54) is 0 Å². The van der Waals surface area contributed by atoms with Crippen molar-refractivity contribution >= 4 is 34.8 Å². The Balaban J connectivity index is 1.79. The SMILES string of the molecule is Cc1ccc(C)c(-n2nc(C(=O)Nc3ccc(Cl)cc3)nc2-c2ccc(Cl)cc2)c1. The van der Waals surface area contributed by atoms with Crippen molar-refractivity contribution in [3.63, 3.8) is 0 Å². The summed E-state index contributed by atoms with van der Waals surface area (Å²) in [6, 6.07) is 20.2.